The second-order valence-electron chi connectivity index (χ2n) is 8.94. The van der Waals surface area contributed by atoms with Crippen LogP contribution in [0.1, 0.15) is 56.3 Å². The molecule has 4 aromatic rings. The number of hydrogen-bond donors (Lipinski definition) is 1. The van der Waals surface area contributed by atoms with Crippen molar-refractivity contribution in [1.29, 1.82) is 0 Å². The lowest BCUT2D eigenvalue weighted by atomic mass is 9.95. The number of aromatic amines is 1. The minimum absolute atomic E-state index is 0.109. The standard InChI is InChI=1S/C27H30N6O/c1-2-3-9-23-19-33(22-10-5-4-6-11-22)27(34)32(23)18-20-14-16-21(17-15-20)24-12-7-8-13-25(24)26-28-30-31-29-26/h2-3,7-8,12-17,19,22H,4-6,9-11,18H2,1H3,(H,28,29,30,31)/b3-2+. The van der Waals surface area contributed by atoms with Gasteiger partial charge < -0.3 is 0 Å². The zero-order valence-corrected chi connectivity index (χ0v) is 19.5. The monoisotopic (exact) mass is 454 g/mol. The number of imidazole rings is 1. The molecule has 0 saturated heterocycles. The first-order chi connectivity index (χ1) is 16.7. The molecule has 174 valence electrons. The molecule has 1 saturated carbocycles. The highest BCUT2D eigenvalue weighted by molar-refractivity contribution is 5.80. The Kier molecular flexibility index (Phi) is 6.51. The van der Waals surface area contributed by atoms with Gasteiger partial charge in [-0.3, -0.25) is 9.13 Å². The smallest absolute Gasteiger partial charge is 0.296 e. The van der Waals surface area contributed by atoms with Crippen molar-refractivity contribution in [2.75, 3.05) is 0 Å². The SMILES string of the molecule is C/C=C/Cc1cn(C2CCCCC2)c(=O)n1Cc1ccc(-c2ccccc2-c2nn[nH]n2)cc1. The van der Waals surface area contributed by atoms with Gasteiger partial charge in [0, 0.05) is 29.9 Å². The predicted molar refractivity (Wildman–Crippen MR) is 133 cm³/mol. The van der Waals surface area contributed by atoms with Gasteiger partial charge >= 0.3 is 5.69 Å². The summed E-state index contributed by atoms with van der Waals surface area (Å²) >= 11 is 0. The van der Waals surface area contributed by atoms with Crippen LogP contribution in [-0.2, 0) is 13.0 Å². The van der Waals surface area contributed by atoms with Crippen molar-refractivity contribution in [2.24, 2.45) is 0 Å². The summed E-state index contributed by atoms with van der Waals surface area (Å²) in [6.07, 6.45) is 12.9. The molecule has 5 rings (SSSR count). The molecule has 7 nitrogen and oxygen atoms in total. The average Bonchev–Trinajstić information content (AvgIpc) is 3.53. The summed E-state index contributed by atoms with van der Waals surface area (Å²) in [6, 6.07) is 16.8. The van der Waals surface area contributed by atoms with E-state index in [-0.39, 0.29) is 5.69 Å². The highest BCUT2D eigenvalue weighted by Crippen LogP contribution is 2.30. The first kappa shape index (κ1) is 22.1. The quantitative estimate of drug-likeness (QED) is 0.391. The van der Waals surface area contributed by atoms with Crippen molar-refractivity contribution in [1.82, 2.24) is 29.8 Å². The summed E-state index contributed by atoms with van der Waals surface area (Å²) in [6.45, 7) is 2.59. The molecule has 0 radical (unpaired) electrons. The number of hydrogen-bond acceptors (Lipinski definition) is 4. The molecule has 0 atom stereocenters. The van der Waals surface area contributed by atoms with E-state index < -0.39 is 0 Å². The van der Waals surface area contributed by atoms with Crippen molar-refractivity contribution >= 4 is 0 Å². The minimum Gasteiger partial charge on any atom is -0.296 e. The molecule has 2 aromatic carbocycles. The fraction of sp³-hybridized carbons (Fsp3) is 0.333. The molecule has 7 heteroatoms. The van der Waals surface area contributed by atoms with Crippen molar-refractivity contribution in [2.45, 2.75) is 58.0 Å². The van der Waals surface area contributed by atoms with E-state index in [2.05, 4.69) is 63.2 Å². The third kappa shape index (κ3) is 4.51. The molecular formula is C27H30N6O. The van der Waals surface area contributed by atoms with Crippen molar-refractivity contribution in [3.63, 3.8) is 0 Å². The molecular weight excluding hydrogens is 424 g/mol. The Bertz CT molecular complexity index is 1310. The average molecular weight is 455 g/mol. The molecule has 0 spiro atoms. The largest absolute Gasteiger partial charge is 0.328 e. The third-order valence-electron chi connectivity index (χ3n) is 6.74. The van der Waals surface area contributed by atoms with E-state index in [0.29, 0.717) is 18.4 Å². The Morgan fingerprint density at radius 2 is 1.79 bits per heavy atom. The molecule has 1 N–H and O–H groups in total. The van der Waals surface area contributed by atoms with Crippen molar-refractivity contribution < 1.29 is 0 Å². The normalized spacial score (nSPS) is 14.7. The van der Waals surface area contributed by atoms with Crippen LogP contribution in [0.5, 0.6) is 0 Å². The topological polar surface area (TPSA) is 81.4 Å². The van der Waals surface area contributed by atoms with Gasteiger partial charge in [-0.15, -0.1) is 10.2 Å². The zero-order chi connectivity index (χ0) is 23.3. The molecule has 2 aromatic heterocycles. The van der Waals surface area contributed by atoms with Gasteiger partial charge in [0.05, 0.1) is 6.54 Å². The molecule has 0 bridgehead atoms. The van der Waals surface area contributed by atoms with Gasteiger partial charge in [-0.2, -0.15) is 5.21 Å². The summed E-state index contributed by atoms with van der Waals surface area (Å²) in [5.41, 5.74) is 5.33. The highest BCUT2D eigenvalue weighted by atomic mass is 16.1. The molecule has 2 heterocycles. The van der Waals surface area contributed by atoms with E-state index in [1.54, 1.807) is 0 Å². The summed E-state index contributed by atoms with van der Waals surface area (Å²) in [5.74, 6) is 0.573. The van der Waals surface area contributed by atoms with Crippen LogP contribution in [0.15, 0.2) is 71.7 Å². The van der Waals surface area contributed by atoms with Gasteiger partial charge in [-0.05, 0) is 41.7 Å². The lowest BCUT2D eigenvalue weighted by molar-refractivity contribution is 0.344. The van der Waals surface area contributed by atoms with Crippen LogP contribution in [-0.4, -0.2) is 29.8 Å². The lowest BCUT2D eigenvalue weighted by Gasteiger charge is -2.22. The van der Waals surface area contributed by atoms with Crippen LogP contribution >= 0.6 is 0 Å². The van der Waals surface area contributed by atoms with Gasteiger partial charge in [0.15, 0.2) is 0 Å². The number of H-pyrrole nitrogens is 1. The number of nitrogens with zero attached hydrogens (tertiary/aromatic N) is 5. The molecule has 1 aliphatic carbocycles. The summed E-state index contributed by atoms with van der Waals surface area (Å²) in [4.78, 5) is 13.4. The van der Waals surface area contributed by atoms with Crippen molar-refractivity contribution in [3.05, 3.63) is 88.6 Å². The van der Waals surface area contributed by atoms with Crippen molar-refractivity contribution in [3.8, 4) is 22.5 Å². The fourth-order valence-corrected chi connectivity index (χ4v) is 4.92. The van der Waals surface area contributed by atoms with Crippen LogP contribution in [0.4, 0.5) is 0 Å². The molecule has 0 amide bonds. The van der Waals surface area contributed by atoms with E-state index >= 15 is 0 Å². The summed E-state index contributed by atoms with van der Waals surface area (Å²) in [5, 5.41) is 14.5. The Hall–Kier alpha value is -3.74. The predicted octanol–water partition coefficient (Wildman–Crippen LogP) is 5.17. The number of tetrazole rings is 1. The van der Waals surface area contributed by atoms with Crippen LogP contribution < -0.4 is 5.69 Å². The van der Waals surface area contributed by atoms with Crippen LogP contribution in [0.2, 0.25) is 0 Å². The number of benzene rings is 2. The number of nitrogens with one attached hydrogen (secondary N) is 1. The lowest BCUT2D eigenvalue weighted by Crippen LogP contribution is -2.29. The summed E-state index contributed by atoms with van der Waals surface area (Å²) in [7, 11) is 0. The Balaban J connectivity index is 1.43. The molecule has 1 fully saturated rings. The van der Waals surface area contributed by atoms with Crippen LogP contribution in [0, 0.1) is 0 Å². The van der Waals surface area contributed by atoms with Gasteiger partial charge in [0.1, 0.15) is 0 Å². The van der Waals surface area contributed by atoms with Crippen LogP contribution in [0.3, 0.4) is 0 Å². The Morgan fingerprint density at radius 3 is 2.50 bits per heavy atom. The van der Waals surface area contributed by atoms with E-state index in [1.807, 2.05) is 40.3 Å². The highest BCUT2D eigenvalue weighted by Gasteiger charge is 2.20. The van der Waals surface area contributed by atoms with Gasteiger partial charge in [0.2, 0.25) is 5.82 Å². The molecule has 1 aliphatic rings. The van der Waals surface area contributed by atoms with Gasteiger partial charge in [-0.25, -0.2) is 4.79 Å². The number of rotatable bonds is 7. The number of aromatic nitrogens is 6. The van der Waals surface area contributed by atoms with E-state index in [1.165, 1.54) is 19.3 Å². The van der Waals surface area contributed by atoms with Gasteiger partial charge in [-0.1, -0.05) is 79.9 Å². The van der Waals surface area contributed by atoms with E-state index in [9.17, 15) is 4.79 Å². The fourth-order valence-electron chi connectivity index (χ4n) is 4.92. The summed E-state index contributed by atoms with van der Waals surface area (Å²) < 4.78 is 3.93. The van der Waals surface area contributed by atoms with Gasteiger partial charge in [0.25, 0.3) is 0 Å². The zero-order valence-electron chi connectivity index (χ0n) is 19.5. The molecule has 0 unspecified atom stereocenters. The maximum absolute atomic E-state index is 13.4. The van der Waals surface area contributed by atoms with E-state index in [0.717, 1.165) is 47.2 Å². The van der Waals surface area contributed by atoms with Crippen LogP contribution in [0.25, 0.3) is 22.5 Å². The second-order valence-corrected chi connectivity index (χ2v) is 8.94. The molecule has 0 aliphatic heterocycles. The number of allylic oxidation sites excluding steroid dienone is 2. The minimum atomic E-state index is 0.109. The molecule has 34 heavy (non-hydrogen) atoms. The second kappa shape index (κ2) is 10.0. The van der Waals surface area contributed by atoms with E-state index in [4.69, 9.17) is 0 Å². The first-order valence-electron chi connectivity index (χ1n) is 12.1. The maximum Gasteiger partial charge on any atom is 0.328 e. The first-order valence-corrected chi connectivity index (χ1v) is 12.1. The Labute approximate surface area is 199 Å². The Morgan fingerprint density at radius 1 is 1.03 bits per heavy atom. The third-order valence-corrected chi connectivity index (χ3v) is 6.74. The maximum atomic E-state index is 13.4.